The number of aromatic nitrogens is 1. The first-order valence-electron chi connectivity index (χ1n) is 8.60. The molecule has 2 aliphatic rings. The number of nitrogens with one attached hydrogen (secondary N) is 1. The summed E-state index contributed by atoms with van der Waals surface area (Å²) >= 11 is 0. The predicted octanol–water partition coefficient (Wildman–Crippen LogP) is 1.60. The van der Waals surface area contributed by atoms with Crippen molar-refractivity contribution in [2.45, 2.75) is 32.2 Å². The van der Waals surface area contributed by atoms with Gasteiger partial charge in [0.25, 0.3) is 0 Å². The molecule has 0 radical (unpaired) electrons. The molecule has 126 valence electrons. The highest BCUT2D eigenvalue weighted by atomic mass is 16.3. The molecule has 6 heteroatoms. The second-order valence-corrected chi connectivity index (χ2v) is 6.49. The van der Waals surface area contributed by atoms with E-state index in [1.54, 1.807) is 0 Å². The normalized spacial score (nSPS) is 19.2. The lowest BCUT2D eigenvalue weighted by Gasteiger charge is -2.31. The molecule has 2 aliphatic heterocycles. The molecule has 6 nitrogen and oxygen atoms in total. The van der Waals surface area contributed by atoms with Crippen molar-refractivity contribution in [2.24, 2.45) is 5.92 Å². The van der Waals surface area contributed by atoms with Gasteiger partial charge in [-0.05, 0) is 49.3 Å². The van der Waals surface area contributed by atoms with E-state index in [0.717, 1.165) is 50.4 Å². The van der Waals surface area contributed by atoms with E-state index in [2.05, 4.69) is 21.3 Å². The van der Waals surface area contributed by atoms with Crippen molar-refractivity contribution >= 4 is 11.8 Å². The molecule has 2 N–H and O–H groups in total. The van der Waals surface area contributed by atoms with Gasteiger partial charge in [0.05, 0.1) is 0 Å². The smallest absolute Gasteiger partial charge is 0.317 e. The van der Waals surface area contributed by atoms with Crippen molar-refractivity contribution in [2.75, 3.05) is 37.7 Å². The fourth-order valence-corrected chi connectivity index (χ4v) is 3.30. The highest BCUT2D eigenvalue weighted by Gasteiger charge is 2.22. The highest BCUT2D eigenvalue weighted by Crippen LogP contribution is 2.19. The van der Waals surface area contributed by atoms with E-state index in [9.17, 15) is 4.79 Å². The number of carbonyl (C=O) groups is 1. The Hall–Kier alpha value is -1.82. The molecular weight excluding hydrogens is 292 g/mol. The lowest BCUT2D eigenvalue weighted by molar-refractivity contribution is 0.137. The van der Waals surface area contributed by atoms with Gasteiger partial charge in [0.15, 0.2) is 0 Å². The van der Waals surface area contributed by atoms with Crippen molar-refractivity contribution < 1.29 is 9.90 Å². The van der Waals surface area contributed by atoms with E-state index >= 15 is 0 Å². The summed E-state index contributed by atoms with van der Waals surface area (Å²) in [5.74, 6) is 1.36. The Kier molecular flexibility index (Phi) is 5.33. The van der Waals surface area contributed by atoms with Crippen LogP contribution in [-0.2, 0) is 6.54 Å². The van der Waals surface area contributed by atoms with Crippen LogP contribution in [0.4, 0.5) is 10.6 Å². The molecular formula is C17H26N4O2. The lowest BCUT2D eigenvalue weighted by atomic mass is 9.98. The van der Waals surface area contributed by atoms with Crippen LogP contribution in [-0.4, -0.2) is 53.8 Å². The molecule has 2 saturated heterocycles. The van der Waals surface area contributed by atoms with Crippen molar-refractivity contribution in [3.8, 4) is 0 Å². The number of piperidine rings is 1. The quantitative estimate of drug-likeness (QED) is 0.885. The van der Waals surface area contributed by atoms with Gasteiger partial charge in [0.1, 0.15) is 5.82 Å². The Balaban J connectivity index is 1.50. The fourth-order valence-electron chi connectivity index (χ4n) is 3.30. The summed E-state index contributed by atoms with van der Waals surface area (Å²) in [6.07, 6.45) is 6.05. The Morgan fingerprint density at radius 1 is 1.26 bits per heavy atom. The van der Waals surface area contributed by atoms with E-state index < -0.39 is 0 Å². The third kappa shape index (κ3) is 4.13. The van der Waals surface area contributed by atoms with Gasteiger partial charge in [-0.3, -0.25) is 0 Å². The van der Waals surface area contributed by atoms with Gasteiger partial charge in [-0.1, -0.05) is 0 Å². The second-order valence-electron chi connectivity index (χ2n) is 6.49. The molecule has 0 unspecified atom stereocenters. The summed E-state index contributed by atoms with van der Waals surface area (Å²) in [6, 6.07) is 4.02. The molecule has 0 saturated carbocycles. The Morgan fingerprint density at radius 3 is 2.70 bits per heavy atom. The van der Waals surface area contributed by atoms with Crippen LogP contribution in [0.2, 0.25) is 0 Å². The first-order valence-corrected chi connectivity index (χ1v) is 8.60. The van der Waals surface area contributed by atoms with E-state index in [-0.39, 0.29) is 12.6 Å². The maximum Gasteiger partial charge on any atom is 0.317 e. The van der Waals surface area contributed by atoms with Crippen molar-refractivity contribution in [1.82, 2.24) is 15.2 Å². The number of hydrogen-bond donors (Lipinski definition) is 2. The minimum absolute atomic E-state index is 0.0130. The minimum Gasteiger partial charge on any atom is -0.396 e. The zero-order chi connectivity index (χ0) is 16.1. The number of aliphatic hydroxyl groups is 1. The Bertz CT molecular complexity index is 523. The second kappa shape index (κ2) is 7.64. The largest absolute Gasteiger partial charge is 0.396 e. The van der Waals surface area contributed by atoms with Crippen LogP contribution in [0.5, 0.6) is 0 Å². The first-order chi connectivity index (χ1) is 11.3. The minimum atomic E-state index is -0.0130. The number of anilines is 1. The van der Waals surface area contributed by atoms with Crippen LogP contribution in [0.3, 0.4) is 0 Å². The summed E-state index contributed by atoms with van der Waals surface area (Å²) in [4.78, 5) is 20.8. The molecule has 1 aromatic rings. The van der Waals surface area contributed by atoms with Gasteiger partial charge in [0, 0.05) is 45.5 Å². The van der Waals surface area contributed by atoms with E-state index in [0.29, 0.717) is 12.5 Å². The molecule has 1 aromatic heterocycles. The van der Waals surface area contributed by atoms with Gasteiger partial charge in [-0.15, -0.1) is 0 Å². The molecule has 0 aliphatic carbocycles. The van der Waals surface area contributed by atoms with Gasteiger partial charge < -0.3 is 20.2 Å². The van der Waals surface area contributed by atoms with Crippen molar-refractivity contribution in [3.05, 3.63) is 23.9 Å². The molecule has 3 heterocycles. The summed E-state index contributed by atoms with van der Waals surface area (Å²) in [5, 5.41) is 12.2. The predicted molar refractivity (Wildman–Crippen MR) is 89.3 cm³/mol. The average Bonchev–Trinajstić information content (AvgIpc) is 3.15. The number of pyridine rings is 1. The molecule has 3 rings (SSSR count). The molecule has 23 heavy (non-hydrogen) atoms. The average molecular weight is 318 g/mol. The fraction of sp³-hybridized carbons (Fsp3) is 0.647. The summed E-state index contributed by atoms with van der Waals surface area (Å²) in [6.45, 7) is 4.36. The van der Waals surface area contributed by atoms with Crippen LogP contribution < -0.4 is 10.2 Å². The van der Waals surface area contributed by atoms with Gasteiger partial charge in [0.2, 0.25) is 0 Å². The number of urea groups is 1. The number of rotatable bonds is 4. The Morgan fingerprint density at radius 2 is 2.00 bits per heavy atom. The van der Waals surface area contributed by atoms with Crippen LogP contribution >= 0.6 is 0 Å². The number of carbonyl (C=O) groups excluding carboxylic acids is 1. The topological polar surface area (TPSA) is 68.7 Å². The number of aliphatic hydroxyl groups excluding tert-OH is 1. The third-order valence-corrected chi connectivity index (χ3v) is 4.84. The van der Waals surface area contributed by atoms with E-state index in [1.807, 2.05) is 17.2 Å². The molecule has 2 fully saturated rings. The van der Waals surface area contributed by atoms with Crippen LogP contribution in [0.25, 0.3) is 0 Å². The van der Waals surface area contributed by atoms with Crippen molar-refractivity contribution in [1.29, 1.82) is 0 Å². The number of amides is 2. The summed E-state index contributed by atoms with van der Waals surface area (Å²) in [7, 11) is 0. The van der Waals surface area contributed by atoms with Crippen LogP contribution in [0.15, 0.2) is 18.3 Å². The maximum atomic E-state index is 12.2. The zero-order valence-electron chi connectivity index (χ0n) is 13.6. The SMILES string of the molecule is O=C(NCc1ccnc(N2CCCC2)c1)N1CCC(CO)CC1. The van der Waals surface area contributed by atoms with Crippen molar-refractivity contribution in [3.63, 3.8) is 0 Å². The Labute approximate surface area is 137 Å². The lowest BCUT2D eigenvalue weighted by Crippen LogP contribution is -2.44. The van der Waals surface area contributed by atoms with Gasteiger partial charge in [-0.25, -0.2) is 9.78 Å². The van der Waals surface area contributed by atoms with E-state index in [4.69, 9.17) is 5.11 Å². The van der Waals surface area contributed by atoms with Crippen LogP contribution in [0, 0.1) is 5.92 Å². The standard InChI is InChI=1S/C17H26N4O2/c22-13-14-4-9-21(10-5-14)17(23)19-12-15-3-6-18-16(11-15)20-7-1-2-8-20/h3,6,11,14,22H,1-2,4-5,7-10,12-13H2,(H,19,23). The molecule has 0 bridgehead atoms. The third-order valence-electron chi connectivity index (χ3n) is 4.84. The van der Waals surface area contributed by atoms with Crippen LogP contribution in [0.1, 0.15) is 31.2 Å². The summed E-state index contributed by atoms with van der Waals surface area (Å²) in [5.41, 5.74) is 1.08. The zero-order valence-corrected chi connectivity index (χ0v) is 13.6. The summed E-state index contributed by atoms with van der Waals surface area (Å²) < 4.78 is 0. The molecule has 2 amide bonds. The monoisotopic (exact) mass is 318 g/mol. The number of nitrogens with zero attached hydrogens (tertiary/aromatic N) is 3. The maximum absolute atomic E-state index is 12.2. The van der Waals surface area contributed by atoms with Gasteiger partial charge >= 0.3 is 6.03 Å². The molecule has 0 atom stereocenters. The molecule has 0 aromatic carbocycles. The number of likely N-dealkylation sites (tertiary alicyclic amines) is 1. The van der Waals surface area contributed by atoms with E-state index in [1.165, 1.54) is 12.8 Å². The molecule has 0 spiro atoms. The first kappa shape index (κ1) is 16.1. The van der Waals surface area contributed by atoms with Gasteiger partial charge in [-0.2, -0.15) is 0 Å². The highest BCUT2D eigenvalue weighted by molar-refractivity contribution is 5.74. The number of hydrogen-bond acceptors (Lipinski definition) is 4.